The zero-order valence-corrected chi connectivity index (χ0v) is 10.0. The average Bonchev–Trinajstić information content (AvgIpc) is 2.03. The van der Waals surface area contributed by atoms with Gasteiger partial charge < -0.3 is 9.63 Å². The van der Waals surface area contributed by atoms with Gasteiger partial charge in [0.2, 0.25) is 0 Å². The Morgan fingerprint density at radius 2 is 2.31 bits per heavy atom. The lowest BCUT2D eigenvalue weighted by Crippen LogP contribution is -2.15. The number of hydrogen-bond donors (Lipinski definition) is 2. The fraction of sp³-hybridized carbons (Fsp3) is 1.00. The minimum atomic E-state index is -3.21. The summed E-state index contributed by atoms with van der Waals surface area (Å²) in [6, 6.07) is 0. The van der Waals surface area contributed by atoms with E-state index in [0.29, 0.717) is 13.2 Å². The Morgan fingerprint density at radius 1 is 1.69 bits per heavy atom. The van der Waals surface area contributed by atoms with Crippen LogP contribution in [0.5, 0.6) is 0 Å². The van der Waals surface area contributed by atoms with E-state index in [0.717, 1.165) is 17.8 Å². The number of methoxy groups -OCH3 is 1. The molecule has 0 amide bonds. The summed E-state index contributed by atoms with van der Waals surface area (Å²) in [5, 5.41) is 2.77. The maximum Gasteiger partial charge on any atom is 0.324 e. The molecule has 0 aromatic rings. The Hall–Kier alpha value is 0.460. The van der Waals surface area contributed by atoms with Gasteiger partial charge in [0.1, 0.15) is 0 Å². The molecule has 13 heavy (non-hydrogen) atoms. The summed E-state index contributed by atoms with van der Waals surface area (Å²) in [5.41, 5.74) is 0. The molecule has 0 aliphatic carbocycles. The van der Waals surface area contributed by atoms with Gasteiger partial charge in [-0.2, -0.15) is 0 Å². The number of ether oxygens (including phenoxy) is 1. The van der Waals surface area contributed by atoms with Gasteiger partial charge in [0.05, 0.1) is 6.61 Å². The lowest BCUT2D eigenvalue weighted by Gasteiger charge is -2.15. The van der Waals surface area contributed by atoms with E-state index < -0.39 is 6.72 Å². The van der Waals surface area contributed by atoms with E-state index in [9.17, 15) is 9.46 Å². The van der Waals surface area contributed by atoms with Crippen LogP contribution in [0.3, 0.4) is 0 Å². The van der Waals surface area contributed by atoms with Crippen molar-refractivity contribution in [2.75, 3.05) is 20.3 Å². The molecule has 6 heteroatoms. The van der Waals surface area contributed by atoms with Crippen molar-refractivity contribution in [3.63, 3.8) is 0 Å². The lowest BCUT2D eigenvalue weighted by atomic mass is 10.4. The molecular formula is C7H18NO3PS. The minimum absolute atomic E-state index is 0.200. The Balaban J connectivity index is 3.73. The monoisotopic (exact) mass is 227 g/mol. The predicted octanol–water partition coefficient (Wildman–Crippen LogP) is 1.85. The Kier molecular flexibility index (Phi) is 7.09. The van der Waals surface area contributed by atoms with Crippen molar-refractivity contribution in [3.8, 4) is 0 Å². The first-order valence-corrected chi connectivity index (χ1v) is 7.41. The maximum absolute atomic E-state index is 11.4. The second-order valence-electron chi connectivity index (χ2n) is 2.75. The fourth-order valence-electron chi connectivity index (χ4n) is 0.645. The van der Waals surface area contributed by atoms with Crippen LogP contribution < -0.4 is 5.09 Å². The molecule has 80 valence electrons. The normalized spacial score (nSPS) is 18.2. The summed E-state index contributed by atoms with van der Waals surface area (Å²) in [4.78, 5) is 9.39. The molecule has 4 nitrogen and oxygen atoms in total. The van der Waals surface area contributed by atoms with Gasteiger partial charge in [-0.05, 0) is 6.42 Å². The summed E-state index contributed by atoms with van der Waals surface area (Å²) in [6.07, 6.45) is 0.890. The summed E-state index contributed by atoms with van der Waals surface area (Å²) in [5.74, 6) is 0. The Labute approximate surface area is 83.7 Å². The average molecular weight is 227 g/mol. The van der Waals surface area contributed by atoms with Gasteiger partial charge in [-0.25, -0.2) is 5.09 Å². The zero-order chi connectivity index (χ0) is 10.3. The van der Waals surface area contributed by atoms with E-state index in [1.165, 1.54) is 0 Å². The SMILES string of the molecule is CCC(C)SP(=O)(O)NCCOC. The quantitative estimate of drug-likeness (QED) is 0.513. The van der Waals surface area contributed by atoms with Crippen molar-refractivity contribution in [1.82, 2.24) is 5.09 Å². The molecule has 0 aromatic heterocycles. The van der Waals surface area contributed by atoms with Crippen molar-refractivity contribution in [3.05, 3.63) is 0 Å². The third kappa shape index (κ3) is 7.52. The molecule has 2 unspecified atom stereocenters. The molecule has 0 aromatic carbocycles. The molecule has 0 aliphatic rings. The maximum atomic E-state index is 11.4. The highest BCUT2D eigenvalue weighted by Crippen LogP contribution is 2.53. The first kappa shape index (κ1) is 13.5. The van der Waals surface area contributed by atoms with Crippen LogP contribution in [-0.4, -0.2) is 30.4 Å². The van der Waals surface area contributed by atoms with Crippen LogP contribution in [0.25, 0.3) is 0 Å². The molecule has 0 saturated heterocycles. The standard InChI is InChI=1S/C7H18NO3PS/c1-4-7(2)13-12(9,10)8-5-6-11-3/h7H,4-6H2,1-3H3,(H2,8,9,10). The summed E-state index contributed by atoms with van der Waals surface area (Å²) < 4.78 is 16.2. The zero-order valence-electron chi connectivity index (χ0n) is 8.32. The fourth-order valence-corrected chi connectivity index (χ4v) is 4.14. The van der Waals surface area contributed by atoms with Crippen molar-refractivity contribution < 1.29 is 14.2 Å². The number of rotatable bonds is 7. The van der Waals surface area contributed by atoms with E-state index in [-0.39, 0.29) is 5.25 Å². The van der Waals surface area contributed by atoms with E-state index in [4.69, 9.17) is 4.74 Å². The van der Waals surface area contributed by atoms with E-state index >= 15 is 0 Å². The molecule has 2 N–H and O–H groups in total. The summed E-state index contributed by atoms with van der Waals surface area (Å²) in [7, 11) is 1.56. The smallest absolute Gasteiger partial charge is 0.324 e. The van der Waals surface area contributed by atoms with Crippen LogP contribution in [0.1, 0.15) is 20.3 Å². The topological polar surface area (TPSA) is 58.6 Å². The van der Waals surface area contributed by atoms with Crippen molar-refractivity contribution in [2.45, 2.75) is 25.5 Å². The highest BCUT2D eigenvalue weighted by molar-refractivity contribution is 8.56. The van der Waals surface area contributed by atoms with Crippen LogP contribution in [0.2, 0.25) is 0 Å². The van der Waals surface area contributed by atoms with Crippen LogP contribution in [0.4, 0.5) is 0 Å². The van der Waals surface area contributed by atoms with Crippen LogP contribution in [0, 0.1) is 0 Å². The molecule has 0 rings (SSSR count). The molecular weight excluding hydrogens is 209 g/mol. The van der Waals surface area contributed by atoms with E-state index in [2.05, 4.69) is 5.09 Å². The van der Waals surface area contributed by atoms with Gasteiger partial charge in [-0.3, -0.25) is 4.57 Å². The Morgan fingerprint density at radius 3 is 2.77 bits per heavy atom. The van der Waals surface area contributed by atoms with Gasteiger partial charge in [-0.1, -0.05) is 25.2 Å². The van der Waals surface area contributed by atoms with E-state index in [1.54, 1.807) is 7.11 Å². The van der Waals surface area contributed by atoms with Gasteiger partial charge in [0.25, 0.3) is 0 Å². The molecule has 0 spiro atoms. The van der Waals surface area contributed by atoms with Crippen molar-refractivity contribution in [1.29, 1.82) is 0 Å². The van der Waals surface area contributed by atoms with Crippen molar-refractivity contribution in [2.24, 2.45) is 0 Å². The highest BCUT2D eigenvalue weighted by Gasteiger charge is 2.20. The Bertz CT molecular complexity index is 179. The lowest BCUT2D eigenvalue weighted by molar-refractivity contribution is 0.203. The summed E-state index contributed by atoms with van der Waals surface area (Å²) in [6.45, 7) is 1.58. The number of hydrogen-bond acceptors (Lipinski definition) is 3. The molecule has 2 atom stereocenters. The largest absolute Gasteiger partial charge is 0.383 e. The third-order valence-electron chi connectivity index (χ3n) is 1.52. The molecule has 0 bridgehead atoms. The second-order valence-corrected chi connectivity index (χ2v) is 7.24. The first-order valence-electron chi connectivity index (χ1n) is 4.27. The first-order chi connectivity index (χ1) is 6.02. The van der Waals surface area contributed by atoms with Gasteiger partial charge in [-0.15, -0.1) is 0 Å². The minimum Gasteiger partial charge on any atom is -0.383 e. The van der Waals surface area contributed by atoms with Gasteiger partial charge >= 0.3 is 6.72 Å². The number of nitrogens with one attached hydrogen (secondary N) is 1. The van der Waals surface area contributed by atoms with Gasteiger partial charge in [0.15, 0.2) is 0 Å². The second kappa shape index (κ2) is 6.85. The molecule has 0 saturated carbocycles. The third-order valence-corrected chi connectivity index (χ3v) is 5.44. The highest BCUT2D eigenvalue weighted by atomic mass is 32.7. The van der Waals surface area contributed by atoms with Gasteiger partial charge in [0, 0.05) is 18.9 Å². The van der Waals surface area contributed by atoms with Crippen LogP contribution in [0.15, 0.2) is 0 Å². The molecule has 0 radical (unpaired) electrons. The molecule has 0 aliphatic heterocycles. The van der Waals surface area contributed by atoms with Crippen LogP contribution >= 0.6 is 18.1 Å². The van der Waals surface area contributed by atoms with E-state index in [1.807, 2.05) is 13.8 Å². The van der Waals surface area contributed by atoms with Crippen molar-refractivity contribution >= 4 is 18.1 Å². The molecule has 0 fully saturated rings. The van der Waals surface area contributed by atoms with Crippen LogP contribution in [-0.2, 0) is 9.30 Å². The summed E-state index contributed by atoms with van der Waals surface area (Å²) >= 11 is 1.10. The predicted molar refractivity (Wildman–Crippen MR) is 57.0 cm³/mol. The molecule has 0 heterocycles.